The number of unbranched alkanes of at least 4 members (excludes halogenated alkanes) is 1. The lowest BCUT2D eigenvalue weighted by molar-refractivity contribution is -0.381. The second kappa shape index (κ2) is 6.01. The monoisotopic (exact) mass is 326 g/mol. The van der Waals surface area contributed by atoms with E-state index in [1.807, 2.05) is 0 Å². The van der Waals surface area contributed by atoms with Crippen LogP contribution in [0.15, 0.2) is 0 Å². The lowest BCUT2D eigenvalue weighted by Crippen LogP contribution is -2.59. The van der Waals surface area contributed by atoms with Crippen molar-refractivity contribution >= 4 is 8.58 Å². The summed E-state index contributed by atoms with van der Waals surface area (Å²) >= 11 is 0. The van der Waals surface area contributed by atoms with Crippen LogP contribution in [0.25, 0.3) is 0 Å². The molecule has 19 heavy (non-hydrogen) atoms. The van der Waals surface area contributed by atoms with Gasteiger partial charge in [-0.2, -0.15) is 39.5 Å². The van der Waals surface area contributed by atoms with E-state index < -0.39 is 45.1 Å². The van der Waals surface area contributed by atoms with E-state index in [1.165, 1.54) is 0 Å². The SMILES string of the molecule is FCCCCPC(F)(F)C(F)(F)C(F)(F)C(F)(F)F. The molecule has 0 amide bonds. The average Bonchev–Trinajstić information content (AvgIpc) is 2.22. The minimum absolute atomic E-state index is 0.260. The van der Waals surface area contributed by atoms with Crippen molar-refractivity contribution in [2.45, 2.75) is 36.5 Å². The Morgan fingerprint density at radius 2 is 1.16 bits per heavy atom. The fourth-order valence-corrected chi connectivity index (χ4v) is 2.07. The van der Waals surface area contributed by atoms with Crippen LogP contribution in [0.5, 0.6) is 0 Å². The molecule has 0 aliphatic rings. The van der Waals surface area contributed by atoms with Gasteiger partial charge in [0.05, 0.1) is 6.67 Å². The van der Waals surface area contributed by atoms with Crippen LogP contribution in [-0.2, 0) is 0 Å². The second-order valence-electron chi connectivity index (χ2n) is 3.54. The molecule has 0 aromatic carbocycles. The summed E-state index contributed by atoms with van der Waals surface area (Å²) in [6.45, 7) is -0.925. The number of halogens is 10. The molecule has 11 heteroatoms. The first-order valence-corrected chi connectivity index (χ1v) is 6.03. The lowest BCUT2D eigenvalue weighted by atomic mass is 10.1. The molecule has 0 radical (unpaired) electrons. The molecule has 116 valence electrons. The van der Waals surface area contributed by atoms with Gasteiger partial charge in [-0.15, -0.1) is 0 Å². The Labute approximate surface area is 103 Å². The van der Waals surface area contributed by atoms with Gasteiger partial charge in [-0.1, -0.05) is 0 Å². The van der Waals surface area contributed by atoms with E-state index in [2.05, 4.69) is 0 Å². The first-order chi connectivity index (χ1) is 8.31. The average molecular weight is 326 g/mol. The molecule has 1 unspecified atom stereocenters. The topological polar surface area (TPSA) is 0 Å². The summed E-state index contributed by atoms with van der Waals surface area (Å²) in [6, 6.07) is 0. The first-order valence-electron chi connectivity index (χ1n) is 4.82. The van der Waals surface area contributed by atoms with Gasteiger partial charge in [0.25, 0.3) is 0 Å². The van der Waals surface area contributed by atoms with Crippen LogP contribution in [0.4, 0.5) is 43.9 Å². The summed E-state index contributed by atoms with van der Waals surface area (Å²) in [5.74, 6) is -13.4. The van der Waals surface area contributed by atoms with Gasteiger partial charge in [-0.25, -0.2) is 0 Å². The Morgan fingerprint density at radius 1 is 0.684 bits per heavy atom. The molecule has 0 bridgehead atoms. The summed E-state index contributed by atoms with van der Waals surface area (Å²) < 4.78 is 122. The van der Waals surface area contributed by atoms with Crippen LogP contribution in [0.1, 0.15) is 12.8 Å². The van der Waals surface area contributed by atoms with Gasteiger partial charge in [-0.3, -0.25) is 4.39 Å². The van der Waals surface area contributed by atoms with Crippen molar-refractivity contribution in [1.82, 2.24) is 0 Å². The van der Waals surface area contributed by atoms with Gasteiger partial charge in [0.1, 0.15) is 0 Å². The molecule has 1 atom stereocenters. The van der Waals surface area contributed by atoms with E-state index >= 15 is 0 Å². The zero-order chi connectivity index (χ0) is 15.5. The molecule has 0 aliphatic carbocycles. The van der Waals surface area contributed by atoms with Crippen molar-refractivity contribution < 1.29 is 43.9 Å². The van der Waals surface area contributed by atoms with E-state index in [-0.39, 0.29) is 12.8 Å². The van der Waals surface area contributed by atoms with E-state index in [1.54, 1.807) is 0 Å². The van der Waals surface area contributed by atoms with E-state index in [4.69, 9.17) is 0 Å². The van der Waals surface area contributed by atoms with Crippen molar-refractivity contribution in [3.63, 3.8) is 0 Å². The van der Waals surface area contributed by atoms with Crippen molar-refractivity contribution in [2.75, 3.05) is 12.8 Å². The molecule has 0 heterocycles. The summed E-state index contributed by atoms with van der Waals surface area (Å²) in [7, 11) is -2.16. The molecule has 0 fully saturated rings. The molecule has 0 saturated carbocycles. The van der Waals surface area contributed by atoms with Crippen LogP contribution in [0, 0.1) is 0 Å². The molecule has 0 rings (SSSR count). The van der Waals surface area contributed by atoms with Crippen LogP contribution in [0.2, 0.25) is 0 Å². The number of rotatable bonds is 7. The summed E-state index contributed by atoms with van der Waals surface area (Å²) in [5.41, 5.74) is -5.51. The van der Waals surface area contributed by atoms with Crippen LogP contribution in [-0.4, -0.2) is 36.5 Å². The van der Waals surface area contributed by atoms with Crippen LogP contribution in [0.3, 0.4) is 0 Å². The summed E-state index contributed by atoms with van der Waals surface area (Å²) in [6.07, 6.45) is -8.12. The van der Waals surface area contributed by atoms with Crippen LogP contribution < -0.4 is 0 Å². The van der Waals surface area contributed by atoms with E-state index in [9.17, 15) is 43.9 Å². The van der Waals surface area contributed by atoms with Gasteiger partial charge in [-0.05, 0) is 27.6 Å². The molecule has 0 N–H and O–H groups in total. The maximum absolute atomic E-state index is 12.8. The van der Waals surface area contributed by atoms with Gasteiger partial charge in [0.15, 0.2) is 0 Å². The molecule has 0 aromatic heterocycles. The van der Waals surface area contributed by atoms with Gasteiger partial charge < -0.3 is 0 Å². The van der Waals surface area contributed by atoms with Gasteiger partial charge >= 0.3 is 23.7 Å². The van der Waals surface area contributed by atoms with E-state index in [0.717, 1.165) is 0 Å². The third-order valence-corrected chi connectivity index (χ3v) is 3.41. The predicted molar refractivity (Wildman–Crippen MR) is 49.3 cm³/mol. The largest absolute Gasteiger partial charge is 0.460 e. The third kappa shape index (κ3) is 3.86. The van der Waals surface area contributed by atoms with Crippen molar-refractivity contribution in [1.29, 1.82) is 0 Å². The highest BCUT2D eigenvalue weighted by atomic mass is 31.1. The highest BCUT2D eigenvalue weighted by Crippen LogP contribution is 2.58. The van der Waals surface area contributed by atoms with Gasteiger partial charge in [0.2, 0.25) is 0 Å². The zero-order valence-corrected chi connectivity index (χ0v) is 10.1. The number of hydrogen-bond donors (Lipinski definition) is 0. The normalized spacial score (nSPS) is 15.5. The lowest BCUT2D eigenvalue weighted by Gasteiger charge is -2.33. The maximum Gasteiger partial charge on any atom is 0.460 e. The molecule has 0 aliphatic heterocycles. The Morgan fingerprint density at radius 3 is 1.53 bits per heavy atom. The summed E-state index contributed by atoms with van der Waals surface area (Å²) in [4.78, 5) is 0. The standard InChI is InChI=1S/C8H9F10P/c9-3-1-2-4-19-8(17,18)6(12,13)5(10,11)7(14,15)16/h19H,1-4H2. The molecule has 0 aromatic rings. The zero-order valence-electron chi connectivity index (χ0n) is 9.11. The Kier molecular flexibility index (Phi) is 5.93. The smallest absolute Gasteiger partial charge is 0.251 e. The van der Waals surface area contributed by atoms with Crippen molar-refractivity contribution in [3.05, 3.63) is 0 Å². The number of hydrogen-bond acceptors (Lipinski definition) is 0. The predicted octanol–water partition coefficient (Wildman–Crippen LogP) is 4.84. The third-order valence-electron chi connectivity index (χ3n) is 2.05. The molecular weight excluding hydrogens is 317 g/mol. The quantitative estimate of drug-likeness (QED) is 0.357. The fraction of sp³-hybridized carbons (Fsp3) is 1.00. The number of alkyl halides is 10. The van der Waals surface area contributed by atoms with Crippen molar-refractivity contribution in [2.24, 2.45) is 0 Å². The minimum atomic E-state index is -6.84. The highest BCUT2D eigenvalue weighted by Gasteiger charge is 2.81. The minimum Gasteiger partial charge on any atom is -0.251 e. The molecule has 0 saturated heterocycles. The fourth-order valence-electron chi connectivity index (χ4n) is 0.951. The van der Waals surface area contributed by atoms with Crippen LogP contribution >= 0.6 is 8.58 Å². The Bertz CT molecular complexity index is 284. The Balaban J connectivity index is 4.96. The molecular formula is C8H9F10P. The maximum atomic E-state index is 12.8. The van der Waals surface area contributed by atoms with Crippen molar-refractivity contribution in [3.8, 4) is 0 Å². The highest BCUT2D eigenvalue weighted by molar-refractivity contribution is 7.39. The van der Waals surface area contributed by atoms with Gasteiger partial charge in [0, 0.05) is 0 Å². The molecule has 0 spiro atoms. The second-order valence-corrected chi connectivity index (χ2v) is 5.03. The van der Waals surface area contributed by atoms with E-state index in [0.29, 0.717) is 0 Å². The Hall–Kier alpha value is -0.270. The molecule has 0 nitrogen and oxygen atoms in total. The first kappa shape index (κ1) is 18.7. The summed E-state index contributed by atoms with van der Waals surface area (Å²) in [5, 5.41) is 0.